The van der Waals surface area contributed by atoms with Crippen LogP contribution in [-0.2, 0) is 24.8 Å². The number of imidazole rings is 1. The van der Waals surface area contributed by atoms with E-state index in [0.717, 1.165) is 0 Å². The van der Waals surface area contributed by atoms with Crippen LogP contribution < -0.4 is 15.4 Å². The number of benzene rings is 1. The third kappa shape index (κ3) is 4.56. The number of H-pyrrole nitrogens is 1. The van der Waals surface area contributed by atoms with E-state index < -0.39 is 77.8 Å². The molecular weight excluding hydrogens is 562 g/mol. The zero-order valence-electron chi connectivity index (χ0n) is 20.3. The first-order valence-electron chi connectivity index (χ1n) is 11.8. The zero-order valence-corrected chi connectivity index (χ0v) is 21.1. The van der Waals surface area contributed by atoms with Crippen LogP contribution in [0.4, 0.5) is 14.6 Å². The fourth-order valence-corrected chi connectivity index (χ4v) is 5.56. The maximum atomic E-state index is 14.7. The number of halogens is 2. The Labute approximate surface area is 224 Å². The van der Waals surface area contributed by atoms with Gasteiger partial charge in [0.15, 0.2) is 24.1 Å². The molecule has 5 rings (SSSR count). The number of nitrogens with zero attached hydrogens (tertiary/aromatic N) is 4. The molecule has 6 atom stereocenters. The standard InChI is InChI=1S/C22H24F2N6O9S/c23-22(24)17(34)10-3-1-2-4-11(10)21(22,35)6-5-13(31)29-40(36,37)38-7-12-15(32)16(33)20(39-12)30-9-28-14-18(25)26-8-27-19(14)30/h1-4,8-9,12,15-17,20,32-35H,5-7H2,(H3,25,26,27,29,31)/t12-,15-,16-,17+,20-,21-/m1/s1. The smallest absolute Gasteiger partial charge is 0.380 e. The second-order valence-corrected chi connectivity index (χ2v) is 10.6. The molecule has 1 fully saturated rings. The molecule has 216 valence electrons. The van der Waals surface area contributed by atoms with E-state index in [-0.39, 0.29) is 22.6 Å². The SMILES string of the molecule is Nc1ncnc2c1[nH]c[n+]2[C@@H]1O[C@H](COS(=O)(=O)N=C([O-])CC[C@@]2(O)c3ccccc3[C@H](O)C2(F)F)[C@@H](O)[C@H]1O. The van der Waals surface area contributed by atoms with E-state index in [0.29, 0.717) is 5.52 Å². The average Bonchev–Trinajstić information content (AvgIpc) is 3.50. The Bertz CT molecular complexity index is 1570. The number of ether oxygens (including phenoxy) is 1. The number of aromatic nitrogens is 4. The van der Waals surface area contributed by atoms with Gasteiger partial charge in [0.2, 0.25) is 11.7 Å². The van der Waals surface area contributed by atoms with Crippen molar-refractivity contribution in [2.75, 3.05) is 12.3 Å². The molecular formula is C22H24F2N6O9S. The van der Waals surface area contributed by atoms with E-state index in [2.05, 4.69) is 23.5 Å². The lowest BCUT2D eigenvalue weighted by molar-refractivity contribution is -0.745. The van der Waals surface area contributed by atoms with E-state index in [1.54, 1.807) is 0 Å². The predicted octanol–water partition coefficient (Wildman–Crippen LogP) is -2.18. The molecule has 0 saturated carbocycles. The van der Waals surface area contributed by atoms with Crippen molar-refractivity contribution in [3.8, 4) is 0 Å². The number of nitrogens with two attached hydrogens (primary N) is 1. The number of aliphatic hydroxyl groups excluding tert-OH is 3. The van der Waals surface area contributed by atoms with E-state index in [1.165, 1.54) is 41.5 Å². The Kier molecular flexibility index (Phi) is 6.97. The van der Waals surface area contributed by atoms with Crippen LogP contribution in [-0.4, -0.2) is 80.5 Å². The summed E-state index contributed by atoms with van der Waals surface area (Å²) >= 11 is 0. The van der Waals surface area contributed by atoms with Crippen LogP contribution in [0.1, 0.15) is 36.3 Å². The van der Waals surface area contributed by atoms with E-state index >= 15 is 0 Å². The normalized spacial score (nSPS) is 30.1. The topological polar surface area (TPSA) is 240 Å². The third-order valence-corrected chi connectivity index (χ3v) is 7.81. The van der Waals surface area contributed by atoms with Gasteiger partial charge in [0.1, 0.15) is 24.4 Å². The van der Waals surface area contributed by atoms with Gasteiger partial charge in [-0.15, -0.1) is 0 Å². The van der Waals surface area contributed by atoms with Gasteiger partial charge in [0.05, 0.1) is 6.61 Å². The van der Waals surface area contributed by atoms with E-state index in [4.69, 9.17) is 10.5 Å². The summed E-state index contributed by atoms with van der Waals surface area (Å²) < 4.78 is 68.4. The van der Waals surface area contributed by atoms with Crippen molar-refractivity contribution in [2.24, 2.45) is 4.40 Å². The summed E-state index contributed by atoms with van der Waals surface area (Å²) in [5.41, 5.74) is 2.86. The van der Waals surface area contributed by atoms with Crippen LogP contribution in [0.25, 0.3) is 11.2 Å². The molecule has 1 aliphatic carbocycles. The molecule has 40 heavy (non-hydrogen) atoms. The minimum absolute atomic E-state index is 0.109. The maximum absolute atomic E-state index is 14.7. The van der Waals surface area contributed by atoms with Gasteiger partial charge >= 0.3 is 21.9 Å². The minimum atomic E-state index is -4.95. The molecule has 2 aliphatic rings. The van der Waals surface area contributed by atoms with Gasteiger partial charge in [0.25, 0.3) is 0 Å². The quantitative estimate of drug-likeness (QED) is 0.0938. The van der Waals surface area contributed by atoms with Crippen molar-refractivity contribution in [1.29, 1.82) is 0 Å². The molecule has 15 nitrogen and oxygen atoms in total. The van der Waals surface area contributed by atoms with Gasteiger partial charge in [-0.3, -0.25) is 4.98 Å². The Morgan fingerprint density at radius 1 is 1.25 bits per heavy atom. The second kappa shape index (κ2) is 9.91. The monoisotopic (exact) mass is 586 g/mol. The fourth-order valence-electron chi connectivity index (χ4n) is 4.86. The van der Waals surface area contributed by atoms with Crippen LogP contribution in [0.3, 0.4) is 0 Å². The molecule has 0 spiro atoms. The number of aromatic amines is 1. The number of hydrogen-bond acceptors (Lipinski definition) is 12. The van der Waals surface area contributed by atoms with Crippen LogP contribution in [0.15, 0.2) is 41.3 Å². The lowest BCUT2D eigenvalue weighted by Gasteiger charge is -2.32. The molecule has 3 heterocycles. The number of rotatable bonds is 8. The predicted molar refractivity (Wildman–Crippen MR) is 126 cm³/mol. The second-order valence-electron chi connectivity index (χ2n) is 9.35. The first-order chi connectivity index (χ1) is 18.8. The van der Waals surface area contributed by atoms with Gasteiger partial charge in [-0.1, -0.05) is 29.2 Å². The summed E-state index contributed by atoms with van der Waals surface area (Å²) in [5.74, 6) is -5.35. The highest BCUT2D eigenvalue weighted by atomic mass is 32.2. The average molecular weight is 587 g/mol. The molecule has 18 heteroatoms. The zero-order chi connectivity index (χ0) is 29.0. The first-order valence-corrected chi connectivity index (χ1v) is 13.2. The van der Waals surface area contributed by atoms with Crippen molar-refractivity contribution < 1.29 is 56.2 Å². The van der Waals surface area contributed by atoms with Crippen molar-refractivity contribution in [2.45, 2.75) is 55.0 Å². The molecule has 1 aliphatic heterocycles. The number of hydrogen-bond donors (Lipinski definition) is 6. The number of nitrogen functional groups attached to an aromatic ring is 1. The highest BCUT2D eigenvalue weighted by Gasteiger charge is 2.64. The van der Waals surface area contributed by atoms with Crippen molar-refractivity contribution >= 4 is 33.2 Å². The molecule has 0 radical (unpaired) electrons. The summed E-state index contributed by atoms with van der Waals surface area (Å²) in [4.78, 5) is 10.6. The summed E-state index contributed by atoms with van der Waals surface area (Å²) in [6.07, 6.45) is -7.49. The number of fused-ring (bicyclic) bond motifs is 2. The maximum Gasteiger partial charge on any atom is 0.380 e. The molecule has 7 N–H and O–H groups in total. The van der Waals surface area contributed by atoms with Crippen molar-refractivity contribution in [1.82, 2.24) is 15.0 Å². The van der Waals surface area contributed by atoms with Gasteiger partial charge < -0.3 is 36.0 Å². The Morgan fingerprint density at radius 2 is 1.98 bits per heavy atom. The molecule has 1 saturated heterocycles. The largest absolute Gasteiger partial charge is 0.861 e. The van der Waals surface area contributed by atoms with Crippen LogP contribution >= 0.6 is 0 Å². The molecule has 0 amide bonds. The van der Waals surface area contributed by atoms with Gasteiger partial charge in [-0.25, -0.2) is 8.75 Å². The lowest BCUT2D eigenvalue weighted by atomic mass is 9.88. The number of aliphatic hydroxyl groups is 4. The van der Waals surface area contributed by atoms with Gasteiger partial charge in [0, 0.05) is 0 Å². The molecule has 2 aromatic heterocycles. The summed E-state index contributed by atoms with van der Waals surface area (Å²) in [5, 5.41) is 53.7. The van der Waals surface area contributed by atoms with Gasteiger partial charge in [-0.2, -0.15) is 26.6 Å². The van der Waals surface area contributed by atoms with Crippen LogP contribution in [0, 0.1) is 0 Å². The summed E-state index contributed by atoms with van der Waals surface area (Å²) in [6, 6.07) is 5.14. The van der Waals surface area contributed by atoms with Gasteiger partial charge in [-0.05, 0) is 29.9 Å². The Hall–Kier alpha value is -3.39. The summed E-state index contributed by atoms with van der Waals surface area (Å²) in [7, 11) is -4.95. The number of alkyl halides is 2. The van der Waals surface area contributed by atoms with Crippen LogP contribution in [0.2, 0.25) is 0 Å². The molecule has 0 unspecified atom stereocenters. The van der Waals surface area contributed by atoms with E-state index in [9.17, 15) is 42.7 Å². The van der Waals surface area contributed by atoms with E-state index in [1.807, 2.05) is 0 Å². The Balaban J connectivity index is 1.24. The first kappa shape index (κ1) is 28.1. The minimum Gasteiger partial charge on any atom is -0.861 e. The number of nitrogens with one attached hydrogen (secondary N) is 1. The lowest BCUT2D eigenvalue weighted by Crippen LogP contribution is -2.45. The highest BCUT2D eigenvalue weighted by Crippen LogP contribution is 2.56. The molecule has 0 bridgehead atoms. The van der Waals surface area contributed by atoms with Crippen molar-refractivity contribution in [3.05, 3.63) is 48.0 Å². The number of anilines is 1. The molecule has 1 aromatic carbocycles. The fraction of sp³-hybridized carbons (Fsp3) is 0.455. The highest BCUT2D eigenvalue weighted by molar-refractivity contribution is 7.85. The van der Waals surface area contributed by atoms with Crippen molar-refractivity contribution in [3.63, 3.8) is 0 Å². The summed E-state index contributed by atoms with van der Waals surface area (Å²) in [6.45, 7) is -0.866. The molecule has 3 aromatic rings. The van der Waals surface area contributed by atoms with Crippen LogP contribution in [0.5, 0.6) is 0 Å². The Morgan fingerprint density at radius 3 is 2.73 bits per heavy atom. The third-order valence-electron chi connectivity index (χ3n) is 6.95.